The average Bonchev–Trinajstić information content (AvgIpc) is 2.47. The molecule has 0 saturated heterocycles. The van der Waals surface area contributed by atoms with Crippen molar-refractivity contribution in [3.8, 4) is 0 Å². The summed E-state index contributed by atoms with van der Waals surface area (Å²) in [6.45, 7) is 2.83. The van der Waals surface area contributed by atoms with Crippen LogP contribution in [0.5, 0.6) is 0 Å². The van der Waals surface area contributed by atoms with Gasteiger partial charge in [0.05, 0.1) is 4.90 Å². The van der Waals surface area contributed by atoms with Crippen LogP contribution in [-0.4, -0.2) is 25.2 Å². The quantitative estimate of drug-likeness (QED) is 0.816. The van der Waals surface area contributed by atoms with E-state index >= 15 is 0 Å². The van der Waals surface area contributed by atoms with Crippen molar-refractivity contribution in [3.05, 3.63) is 40.9 Å². The molecule has 0 amide bonds. The van der Waals surface area contributed by atoms with Crippen molar-refractivity contribution in [2.45, 2.75) is 18.2 Å². The van der Waals surface area contributed by atoms with Crippen LogP contribution in [0, 0.1) is 0 Å². The number of hydrogen-bond donors (Lipinski definition) is 2. The number of hydrogen-bond acceptors (Lipinski definition) is 5. The van der Waals surface area contributed by atoms with Crippen molar-refractivity contribution < 1.29 is 8.42 Å². The van der Waals surface area contributed by atoms with Crippen molar-refractivity contribution in [1.29, 1.82) is 0 Å². The van der Waals surface area contributed by atoms with E-state index in [0.717, 1.165) is 17.4 Å². The number of aromatic nitrogens is 2. The Kier molecular flexibility index (Phi) is 5.13. The van der Waals surface area contributed by atoms with E-state index < -0.39 is 10.0 Å². The summed E-state index contributed by atoms with van der Waals surface area (Å²) in [6.07, 6.45) is 0.972. The highest BCUT2D eigenvalue weighted by atomic mass is 79.9. The summed E-state index contributed by atoms with van der Waals surface area (Å²) < 4.78 is 27.5. The Balaban J connectivity index is 2.11. The van der Waals surface area contributed by atoms with Gasteiger partial charge in [-0.1, -0.05) is 22.9 Å². The van der Waals surface area contributed by atoms with Gasteiger partial charge in [-0.05, 0) is 42.8 Å². The second-order valence-corrected chi connectivity index (χ2v) is 6.89. The van der Waals surface area contributed by atoms with Crippen LogP contribution in [0.3, 0.4) is 0 Å². The lowest BCUT2D eigenvalue weighted by Crippen LogP contribution is -2.14. The van der Waals surface area contributed by atoms with Gasteiger partial charge in [-0.2, -0.15) is 0 Å². The van der Waals surface area contributed by atoms with Crippen LogP contribution >= 0.6 is 15.9 Å². The molecule has 6 nitrogen and oxygen atoms in total. The Morgan fingerprint density at radius 1 is 1.05 bits per heavy atom. The molecule has 1 aromatic heterocycles. The molecule has 21 heavy (non-hydrogen) atoms. The van der Waals surface area contributed by atoms with E-state index in [2.05, 4.69) is 36.2 Å². The van der Waals surface area contributed by atoms with Crippen LogP contribution in [0.2, 0.25) is 0 Å². The molecule has 0 aliphatic carbocycles. The smallest absolute Gasteiger partial charge is 0.263 e. The van der Waals surface area contributed by atoms with Gasteiger partial charge in [-0.3, -0.25) is 4.72 Å². The summed E-state index contributed by atoms with van der Waals surface area (Å²) in [4.78, 5) is 0.167. The Morgan fingerprint density at radius 2 is 1.67 bits per heavy atom. The number of rotatable bonds is 6. The lowest BCUT2D eigenvalue weighted by atomic mass is 10.4. The highest BCUT2D eigenvalue weighted by molar-refractivity contribution is 9.10. The Labute approximate surface area is 132 Å². The zero-order valence-electron chi connectivity index (χ0n) is 11.4. The molecule has 0 spiro atoms. The van der Waals surface area contributed by atoms with Gasteiger partial charge in [-0.15, -0.1) is 10.2 Å². The fraction of sp³-hybridized carbons (Fsp3) is 0.231. The maximum absolute atomic E-state index is 12.2. The van der Waals surface area contributed by atoms with E-state index in [1.54, 1.807) is 24.3 Å². The summed E-state index contributed by atoms with van der Waals surface area (Å²) in [5, 5.41) is 10.8. The van der Waals surface area contributed by atoms with Gasteiger partial charge in [0, 0.05) is 11.0 Å². The van der Waals surface area contributed by atoms with Crippen LogP contribution in [0.25, 0.3) is 0 Å². The molecule has 1 aromatic carbocycles. The molecule has 112 valence electrons. The standard InChI is InChI=1S/C13H15BrN4O2S/c1-2-9-15-12-7-8-13(17-16-12)18-21(19,20)11-5-3-10(14)4-6-11/h3-8H,2,9H2,1H3,(H,15,16)(H,17,18). The molecule has 0 aliphatic heterocycles. The second-order valence-electron chi connectivity index (χ2n) is 4.29. The third-order valence-electron chi connectivity index (χ3n) is 2.58. The number of nitrogens with one attached hydrogen (secondary N) is 2. The van der Waals surface area contributed by atoms with E-state index in [9.17, 15) is 8.42 Å². The van der Waals surface area contributed by atoms with Gasteiger partial charge in [0.1, 0.15) is 5.82 Å². The Bertz CT molecular complexity index is 687. The largest absolute Gasteiger partial charge is 0.369 e. The second kappa shape index (κ2) is 6.86. The third-order valence-corrected chi connectivity index (χ3v) is 4.48. The first kappa shape index (κ1) is 15.7. The van der Waals surface area contributed by atoms with E-state index in [4.69, 9.17) is 0 Å². The number of halogens is 1. The van der Waals surface area contributed by atoms with Crippen LogP contribution in [0.1, 0.15) is 13.3 Å². The number of anilines is 2. The van der Waals surface area contributed by atoms with Gasteiger partial charge in [-0.25, -0.2) is 8.42 Å². The maximum Gasteiger partial charge on any atom is 0.263 e. The highest BCUT2D eigenvalue weighted by Crippen LogP contribution is 2.17. The predicted octanol–water partition coefficient (Wildman–Crippen LogP) is 2.86. The zero-order chi connectivity index (χ0) is 15.3. The zero-order valence-corrected chi connectivity index (χ0v) is 13.8. The third kappa shape index (κ3) is 4.40. The van der Waals surface area contributed by atoms with E-state index in [1.807, 2.05) is 6.92 Å². The molecule has 8 heteroatoms. The summed E-state index contributed by atoms with van der Waals surface area (Å²) in [5.74, 6) is 0.795. The highest BCUT2D eigenvalue weighted by Gasteiger charge is 2.14. The molecule has 1 heterocycles. The molecule has 2 rings (SSSR count). The maximum atomic E-state index is 12.2. The Hall–Kier alpha value is -1.67. The van der Waals surface area contributed by atoms with Crippen LogP contribution in [0.4, 0.5) is 11.6 Å². The summed E-state index contributed by atoms with van der Waals surface area (Å²) in [7, 11) is -3.65. The Morgan fingerprint density at radius 3 is 2.24 bits per heavy atom. The molecular weight excluding hydrogens is 356 g/mol. The summed E-state index contributed by atoms with van der Waals surface area (Å²) in [5.41, 5.74) is 0. The number of nitrogens with zero attached hydrogens (tertiary/aromatic N) is 2. The molecule has 0 atom stereocenters. The minimum Gasteiger partial charge on any atom is -0.369 e. The summed E-state index contributed by atoms with van der Waals surface area (Å²) in [6, 6.07) is 9.60. The minimum atomic E-state index is -3.65. The molecular formula is C13H15BrN4O2S. The van der Waals surface area contributed by atoms with Crippen LogP contribution < -0.4 is 10.0 Å². The van der Waals surface area contributed by atoms with Crippen LogP contribution in [0.15, 0.2) is 45.8 Å². The molecule has 0 saturated carbocycles. The van der Waals surface area contributed by atoms with Crippen molar-refractivity contribution in [1.82, 2.24) is 10.2 Å². The molecule has 0 fully saturated rings. The topological polar surface area (TPSA) is 84.0 Å². The SMILES string of the molecule is CCCNc1ccc(NS(=O)(=O)c2ccc(Br)cc2)nn1. The molecule has 0 radical (unpaired) electrons. The number of sulfonamides is 1. The van der Waals surface area contributed by atoms with E-state index in [1.165, 1.54) is 12.1 Å². The van der Waals surface area contributed by atoms with E-state index in [-0.39, 0.29) is 10.7 Å². The predicted molar refractivity (Wildman–Crippen MR) is 85.8 cm³/mol. The van der Waals surface area contributed by atoms with Crippen molar-refractivity contribution >= 4 is 37.6 Å². The van der Waals surface area contributed by atoms with Gasteiger partial charge in [0.2, 0.25) is 0 Å². The monoisotopic (exact) mass is 370 g/mol. The first-order chi connectivity index (χ1) is 10.0. The van der Waals surface area contributed by atoms with Crippen molar-refractivity contribution in [2.75, 3.05) is 16.6 Å². The normalized spacial score (nSPS) is 11.1. The summed E-state index contributed by atoms with van der Waals surface area (Å²) >= 11 is 3.26. The lowest BCUT2D eigenvalue weighted by Gasteiger charge is -2.08. The van der Waals surface area contributed by atoms with Crippen LogP contribution in [-0.2, 0) is 10.0 Å². The minimum absolute atomic E-state index is 0.167. The average molecular weight is 371 g/mol. The van der Waals surface area contributed by atoms with Gasteiger partial charge in [0.25, 0.3) is 10.0 Å². The van der Waals surface area contributed by atoms with Gasteiger partial charge >= 0.3 is 0 Å². The number of benzene rings is 1. The van der Waals surface area contributed by atoms with E-state index in [0.29, 0.717) is 5.82 Å². The fourth-order valence-corrected chi connectivity index (χ4v) is 2.81. The first-order valence-electron chi connectivity index (χ1n) is 6.37. The van der Waals surface area contributed by atoms with Crippen molar-refractivity contribution in [3.63, 3.8) is 0 Å². The van der Waals surface area contributed by atoms with Gasteiger partial charge < -0.3 is 5.32 Å². The van der Waals surface area contributed by atoms with Crippen molar-refractivity contribution in [2.24, 2.45) is 0 Å². The molecule has 0 bridgehead atoms. The molecule has 2 N–H and O–H groups in total. The molecule has 2 aromatic rings. The molecule has 0 aliphatic rings. The fourth-order valence-electron chi connectivity index (χ4n) is 1.54. The lowest BCUT2D eigenvalue weighted by molar-refractivity contribution is 0.601. The van der Waals surface area contributed by atoms with Gasteiger partial charge in [0.15, 0.2) is 5.82 Å². The first-order valence-corrected chi connectivity index (χ1v) is 8.65. The molecule has 0 unspecified atom stereocenters.